The summed E-state index contributed by atoms with van der Waals surface area (Å²) in [5.41, 5.74) is 1.46. The van der Waals surface area contributed by atoms with Gasteiger partial charge in [-0.3, -0.25) is 9.59 Å². The first-order chi connectivity index (χ1) is 15.7. The minimum absolute atomic E-state index is 0.0633. The summed E-state index contributed by atoms with van der Waals surface area (Å²) in [6, 6.07) is 13.2. The fraction of sp³-hybridized carbons (Fsp3) is 0.167. The van der Waals surface area contributed by atoms with E-state index in [1.54, 1.807) is 18.2 Å². The van der Waals surface area contributed by atoms with E-state index in [1.807, 2.05) is 0 Å². The Kier molecular flexibility index (Phi) is 7.24. The Labute approximate surface area is 189 Å². The van der Waals surface area contributed by atoms with Crippen molar-refractivity contribution < 1.29 is 35.1 Å². The van der Waals surface area contributed by atoms with Crippen LogP contribution in [0.4, 0.5) is 0 Å². The van der Waals surface area contributed by atoms with E-state index < -0.39 is 23.6 Å². The molecule has 0 aliphatic heterocycles. The number of benzene rings is 3. The monoisotopic (exact) mass is 452 g/mol. The van der Waals surface area contributed by atoms with Crippen molar-refractivity contribution in [2.45, 2.75) is 18.9 Å². The van der Waals surface area contributed by atoms with Gasteiger partial charge >= 0.3 is 0 Å². The maximum atomic E-state index is 12.9. The Morgan fingerprint density at radius 1 is 0.727 bits per heavy atom. The van der Waals surface area contributed by atoms with Gasteiger partial charge in [-0.15, -0.1) is 0 Å². The Bertz CT molecular complexity index is 1150. The summed E-state index contributed by atoms with van der Waals surface area (Å²) in [6.07, 6.45) is 0.521. The van der Waals surface area contributed by atoms with Crippen molar-refractivity contribution in [3.8, 4) is 28.7 Å². The Morgan fingerprint density at radius 2 is 1.33 bits per heavy atom. The molecule has 0 saturated heterocycles. The number of carbonyl (C=O) groups is 2. The number of nitrogens with one attached hydrogen (secondary N) is 2. The molecule has 0 bridgehead atoms. The molecule has 0 spiro atoms. The lowest BCUT2D eigenvalue weighted by molar-refractivity contribution is -0.122. The molecule has 0 aromatic heterocycles. The van der Waals surface area contributed by atoms with Crippen molar-refractivity contribution in [3.05, 3.63) is 77.4 Å². The highest BCUT2D eigenvalue weighted by Gasteiger charge is 2.22. The third-order valence-electron chi connectivity index (χ3n) is 4.99. The van der Waals surface area contributed by atoms with Crippen LogP contribution in [0.3, 0.4) is 0 Å². The minimum Gasteiger partial charge on any atom is -0.508 e. The zero-order valence-electron chi connectivity index (χ0n) is 17.5. The average Bonchev–Trinajstić information content (AvgIpc) is 2.79. The van der Waals surface area contributed by atoms with E-state index in [9.17, 15) is 35.1 Å². The number of carbonyl (C=O) groups excluding carboxylic acids is 2. The van der Waals surface area contributed by atoms with Gasteiger partial charge in [0, 0.05) is 18.5 Å². The average molecular weight is 452 g/mol. The topological polar surface area (TPSA) is 159 Å². The van der Waals surface area contributed by atoms with Gasteiger partial charge in [-0.2, -0.15) is 0 Å². The van der Waals surface area contributed by atoms with Gasteiger partial charge in [-0.05, 0) is 60.0 Å². The summed E-state index contributed by atoms with van der Waals surface area (Å²) in [4.78, 5) is 25.5. The number of phenolic OH excluding ortho intramolecular Hbond substituents is 5. The number of amides is 2. The van der Waals surface area contributed by atoms with Gasteiger partial charge in [-0.25, -0.2) is 0 Å². The minimum atomic E-state index is -0.966. The molecule has 9 nitrogen and oxygen atoms in total. The van der Waals surface area contributed by atoms with Gasteiger partial charge < -0.3 is 36.2 Å². The summed E-state index contributed by atoms with van der Waals surface area (Å²) in [5.74, 6) is -2.33. The third kappa shape index (κ3) is 6.30. The number of rotatable bonds is 8. The van der Waals surface area contributed by atoms with Crippen molar-refractivity contribution in [2.24, 2.45) is 0 Å². The van der Waals surface area contributed by atoms with Crippen LogP contribution >= 0.6 is 0 Å². The highest BCUT2D eigenvalue weighted by Crippen LogP contribution is 2.25. The van der Waals surface area contributed by atoms with Crippen LogP contribution in [0.5, 0.6) is 28.7 Å². The van der Waals surface area contributed by atoms with E-state index in [2.05, 4.69) is 10.6 Å². The quantitative estimate of drug-likeness (QED) is 0.257. The predicted octanol–water partition coefficient (Wildman–Crippen LogP) is 1.91. The molecule has 0 aliphatic rings. The van der Waals surface area contributed by atoms with Crippen LogP contribution < -0.4 is 10.6 Å². The zero-order chi connectivity index (χ0) is 24.0. The largest absolute Gasteiger partial charge is 0.508 e. The molecule has 0 radical (unpaired) electrons. The summed E-state index contributed by atoms with van der Waals surface area (Å²) in [7, 11) is 0. The fourth-order valence-electron chi connectivity index (χ4n) is 3.16. The molecule has 0 unspecified atom stereocenters. The van der Waals surface area contributed by atoms with E-state index in [1.165, 1.54) is 36.4 Å². The van der Waals surface area contributed by atoms with Gasteiger partial charge in [0.05, 0.1) is 0 Å². The van der Waals surface area contributed by atoms with Crippen molar-refractivity contribution in [1.29, 1.82) is 0 Å². The highest BCUT2D eigenvalue weighted by molar-refractivity contribution is 5.98. The van der Waals surface area contributed by atoms with Gasteiger partial charge in [0.25, 0.3) is 5.91 Å². The Balaban J connectivity index is 1.70. The molecule has 1 atom stereocenters. The first kappa shape index (κ1) is 23.3. The van der Waals surface area contributed by atoms with E-state index in [4.69, 9.17) is 0 Å². The molecule has 3 aromatic rings. The first-order valence-corrected chi connectivity index (χ1v) is 10.1. The van der Waals surface area contributed by atoms with Crippen LogP contribution in [-0.2, 0) is 17.6 Å². The zero-order valence-corrected chi connectivity index (χ0v) is 17.5. The lowest BCUT2D eigenvalue weighted by atomic mass is 10.0. The molecule has 2 amide bonds. The molecule has 9 heteroatoms. The molecule has 7 N–H and O–H groups in total. The van der Waals surface area contributed by atoms with E-state index in [0.29, 0.717) is 17.5 Å². The molecule has 3 aromatic carbocycles. The van der Waals surface area contributed by atoms with Crippen molar-refractivity contribution in [3.63, 3.8) is 0 Å². The molecule has 172 valence electrons. The maximum Gasteiger partial charge on any atom is 0.252 e. The van der Waals surface area contributed by atoms with Gasteiger partial charge in [0.15, 0.2) is 23.0 Å². The van der Waals surface area contributed by atoms with Crippen LogP contribution in [-0.4, -0.2) is 49.9 Å². The van der Waals surface area contributed by atoms with E-state index in [0.717, 1.165) is 6.07 Å². The van der Waals surface area contributed by atoms with Crippen LogP contribution in [0.15, 0.2) is 60.7 Å². The Hall–Kier alpha value is -4.40. The molecule has 33 heavy (non-hydrogen) atoms. The summed E-state index contributed by atoms with van der Waals surface area (Å²) < 4.78 is 0. The number of aromatic hydroxyl groups is 5. The van der Waals surface area contributed by atoms with Gasteiger partial charge in [0.2, 0.25) is 5.91 Å². The molecule has 0 saturated carbocycles. The van der Waals surface area contributed by atoms with Crippen LogP contribution in [0, 0.1) is 0 Å². The molecular weight excluding hydrogens is 428 g/mol. The second-order valence-electron chi connectivity index (χ2n) is 7.46. The summed E-state index contributed by atoms with van der Waals surface area (Å²) in [6.45, 7) is 0.213. The van der Waals surface area contributed by atoms with Gasteiger partial charge in [0.1, 0.15) is 11.8 Å². The Morgan fingerprint density at radius 3 is 1.97 bits per heavy atom. The normalized spacial score (nSPS) is 11.5. The van der Waals surface area contributed by atoms with Gasteiger partial charge in [-0.1, -0.05) is 18.2 Å². The molecular formula is C24H24N2O7. The van der Waals surface area contributed by atoms with Crippen molar-refractivity contribution in [1.82, 2.24) is 10.6 Å². The second kappa shape index (κ2) is 10.3. The standard InChI is InChI=1S/C24H24N2O7/c27-17-5-1-14(2-6-17)11-18(26-23(32)16-4-8-20(29)22(31)13-16)24(33)25-10-9-15-3-7-19(28)21(30)12-15/h1-8,12-13,18,27-31H,9-11H2,(H,25,33)(H,26,32)/t18-/m1/s1. The maximum absolute atomic E-state index is 12.9. The molecule has 0 fully saturated rings. The second-order valence-corrected chi connectivity index (χ2v) is 7.46. The van der Waals surface area contributed by atoms with E-state index in [-0.39, 0.29) is 41.5 Å². The number of hydrogen-bond donors (Lipinski definition) is 7. The predicted molar refractivity (Wildman–Crippen MR) is 119 cm³/mol. The first-order valence-electron chi connectivity index (χ1n) is 10.1. The molecule has 0 heterocycles. The number of hydrogen-bond acceptors (Lipinski definition) is 7. The van der Waals surface area contributed by atoms with Crippen molar-refractivity contribution >= 4 is 11.8 Å². The lowest BCUT2D eigenvalue weighted by Gasteiger charge is -2.19. The number of phenols is 5. The van der Waals surface area contributed by atoms with Crippen LogP contribution in [0.2, 0.25) is 0 Å². The smallest absolute Gasteiger partial charge is 0.252 e. The highest BCUT2D eigenvalue weighted by atomic mass is 16.3. The molecule has 0 aliphatic carbocycles. The fourth-order valence-corrected chi connectivity index (χ4v) is 3.16. The van der Waals surface area contributed by atoms with E-state index >= 15 is 0 Å². The van der Waals surface area contributed by atoms with Crippen LogP contribution in [0.25, 0.3) is 0 Å². The molecule has 3 rings (SSSR count). The van der Waals surface area contributed by atoms with Crippen molar-refractivity contribution in [2.75, 3.05) is 6.54 Å². The third-order valence-corrected chi connectivity index (χ3v) is 4.99. The summed E-state index contributed by atoms with van der Waals surface area (Å²) >= 11 is 0. The lowest BCUT2D eigenvalue weighted by Crippen LogP contribution is -2.48. The summed E-state index contributed by atoms with van der Waals surface area (Å²) in [5, 5.41) is 52.9. The van der Waals surface area contributed by atoms with Crippen LogP contribution in [0.1, 0.15) is 21.5 Å². The SMILES string of the molecule is O=C(N[C@H](Cc1ccc(O)cc1)C(=O)NCCc1ccc(O)c(O)c1)c1ccc(O)c(O)c1.